The van der Waals surface area contributed by atoms with E-state index in [1.54, 1.807) is 0 Å². The Hall–Kier alpha value is -0.780. The summed E-state index contributed by atoms with van der Waals surface area (Å²) in [6.45, 7) is 10.1. The molecule has 0 rings (SSSR count). The van der Waals surface area contributed by atoms with Crippen LogP contribution in [0.2, 0.25) is 0 Å². The first kappa shape index (κ1) is 10.2. The Morgan fingerprint density at radius 1 is 1.27 bits per heavy atom. The van der Waals surface area contributed by atoms with E-state index >= 15 is 0 Å². The van der Waals surface area contributed by atoms with Crippen molar-refractivity contribution < 1.29 is 0 Å². The average molecular weight is 150 g/mol. The molecule has 0 aromatic carbocycles. The van der Waals surface area contributed by atoms with E-state index in [4.69, 9.17) is 0 Å². The molecule has 0 aliphatic rings. The molecular weight excluding hydrogens is 132 g/mol. The van der Waals surface area contributed by atoms with Gasteiger partial charge in [-0.3, -0.25) is 0 Å². The summed E-state index contributed by atoms with van der Waals surface area (Å²) in [5.74, 6) is 0. The maximum atomic E-state index is 3.71. The largest absolute Gasteiger partial charge is 0.103 e. The predicted molar refractivity (Wildman–Crippen MR) is 52.6 cm³/mol. The summed E-state index contributed by atoms with van der Waals surface area (Å²) in [6.07, 6.45) is 8.43. The van der Waals surface area contributed by atoms with Gasteiger partial charge in [0.05, 0.1) is 0 Å². The highest BCUT2D eigenvalue weighted by atomic mass is 13.9. The highest BCUT2D eigenvalue weighted by molar-refractivity contribution is 5.17. The molecule has 0 amide bonds. The van der Waals surface area contributed by atoms with Crippen LogP contribution in [0, 0.1) is 0 Å². The number of rotatable bonds is 4. The van der Waals surface area contributed by atoms with Crippen LogP contribution in [0.4, 0.5) is 0 Å². The van der Waals surface area contributed by atoms with Crippen LogP contribution in [0.25, 0.3) is 0 Å². The van der Waals surface area contributed by atoms with E-state index in [-0.39, 0.29) is 0 Å². The Kier molecular flexibility index (Phi) is 5.54. The first-order valence-electron chi connectivity index (χ1n) is 4.14. The van der Waals surface area contributed by atoms with Gasteiger partial charge in [-0.25, -0.2) is 0 Å². The van der Waals surface area contributed by atoms with Crippen molar-refractivity contribution in [3.05, 3.63) is 36.0 Å². The molecule has 0 nitrogen and oxygen atoms in total. The van der Waals surface area contributed by atoms with Crippen molar-refractivity contribution in [3.8, 4) is 0 Å². The number of hydrogen-bond acceptors (Lipinski definition) is 0. The van der Waals surface area contributed by atoms with Crippen LogP contribution in [0.1, 0.15) is 33.6 Å². The molecule has 0 aromatic heterocycles. The smallest absolute Gasteiger partial charge is 0.0138 e. The van der Waals surface area contributed by atoms with Crippen molar-refractivity contribution in [2.75, 3.05) is 0 Å². The summed E-state index contributed by atoms with van der Waals surface area (Å²) in [7, 11) is 0. The van der Waals surface area contributed by atoms with Crippen LogP contribution < -0.4 is 0 Å². The minimum Gasteiger partial charge on any atom is -0.103 e. The van der Waals surface area contributed by atoms with E-state index in [2.05, 4.69) is 39.5 Å². The molecule has 0 unspecified atom stereocenters. The van der Waals surface area contributed by atoms with Gasteiger partial charge in [-0.15, -0.1) is 6.58 Å². The van der Waals surface area contributed by atoms with Crippen molar-refractivity contribution in [2.45, 2.75) is 33.6 Å². The molecule has 0 bridgehead atoms. The predicted octanol–water partition coefficient (Wildman–Crippen LogP) is 3.87. The fourth-order valence-corrected chi connectivity index (χ4v) is 0.800. The molecule has 0 aliphatic carbocycles. The zero-order chi connectivity index (χ0) is 8.69. The third-order valence-corrected chi connectivity index (χ3v) is 1.51. The SMILES string of the molecule is C=CC/C(=C/C=C(C)C)CC. The molecule has 0 saturated heterocycles. The molecule has 11 heavy (non-hydrogen) atoms. The Labute approximate surface area is 70.3 Å². The molecular formula is C11H18. The third-order valence-electron chi connectivity index (χ3n) is 1.51. The van der Waals surface area contributed by atoms with Gasteiger partial charge in [0, 0.05) is 0 Å². The molecule has 0 fully saturated rings. The molecule has 0 aliphatic heterocycles. The lowest BCUT2D eigenvalue weighted by Gasteiger charge is -1.97. The Morgan fingerprint density at radius 2 is 1.91 bits per heavy atom. The summed E-state index contributed by atoms with van der Waals surface area (Å²) in [4.78, 5) is 0. The molecule has 62 valence electrons. The summed E-state index contributed by atoms with van der Waals surface area (Å²) in [5.41, 5.74) is 2.79. The Balaban J connectivity index is 4.11. The molecule has 0 heteroatoms. The van der Waals surface area contributed by atoms with Crippen LogP contribution in [-0.4, -0.2) is 0 Å². The second-order valence-electron chi connectivity index (χ2n) is 2.92. The monoisotopic (exact) mass is 150 g/mol. The van der Waals surface area contributed by atoms with Crippen LogP contribution in [0.3, 0.4) is 0 Å². The number of hydrogen-bond donors (Lipinski definition) is 0. The quantitative estimate of drug-likeness (QED) is 0.421. The standard InChI is InChI=1S/C11H18/c1-5-7-11(6-2)9-8-10(3)4/h5,8-9H,1,6-7H2,2-4H3/b11-9+. The minimum atomic E-state index is 1.01. The summed E-state index contributed by atoms with van der Waals surface area (Å²) < 4.78 is 0. The van der Waals surface area contributed by atoms with Crippen LogP contribution in [-0.2, 0) is 0 Å². The van der Waals surface area contributed by atoms with Crippen molar-refractivity contribution in [3.63, 3.8) is 0 Å². The lowest BCUT2D eigenvalue weighted by molar-refractivity contribution is 1.03. The van der Waals surface area contributed by atoms with Crippen LogP contribution in [0.5, 0.6) is 0 Å². The van der Waals surface area contributed by atoms with E-state index < -0.39 is 0 Å². The summed E-state index contributed by atoms with van der Waals surface area (Å²) >= 11 is 0. The molecule has 0 heterocycles. The zero-order valence-electron chi connectivity index (χ0n) is 7.85. The molecule has 0 N–H and O–H groups in total. The van der Waals surface area contributed by atoms with Crippen LogP contribution >= 0.6 is 0 Å². The van der Waals surface area contributed by atoms with Gasteiger partial charge in [0.25, 0.3) is 0 Å². The maximum absolute atomic E-state index is 3.71. The van der Waals surface area contributed by atoms with Gasteiger partial charge in [0.1, 0.15) is 0 Å². The lowest BCUT2D eigenvalue weighted by Crippen LogP contribution is -1.76. The molecule has 0 radical (unpaired) electrons. The van der Waals surface area contributed by atoms with Gasteiger partial charge < -0.3 is 0 Å². The van der Waals surface area contributed by atoms with Crippen LogP contribution in [0.15, 0.2) is 36.0 Å². The highest BCUT2D eigenvalue weighted by Crippen LogP contribution is 2.07. The zero-order valence-corrected chi connectivity index (χ0v) is 7.85. The Morgan fingerprint density at radius 3 is 2.27 bits per heavy atom. The first-order chi connectivity index (χ1) is 5.20. The normalized spacial score (nSPS) is 11.0. The van der Waals surface area contributed by atoms with Crippen molar-refractivity contribution in [1.29, 1.82) is 0 Å². The average Bonchev–Trinajstić information content (AvgIpc) is 1.97. The van der Waals surface area contributed by atoms with E-state index in [0.29, 0.717) is 0 Å². The van der Waals surface area contributed by atoms with Gasteiger partial charge in [-0.1, -0.05) is 36.3 Å². The van der Waals surface area contributed by atoms with E-state index in [0.717, 1.165) is 12.8 Å². The summed E-state index contributed by atoms with van der Waals surface area (Å²) in [5, 5.41) is 0. The van der Waals surface area contributed by atoms with Gasteiger partial charge >= 0.3 is 0 Å². The van der Waals surface area contributed by atoms with Gasteiger partial charge in [0.2, 0.25) is 0 Å². The maximum Gasteiger partial charge on any atom is -0.0138 e. The molecule has 0 spiro atoms. The molecule has 0 atom stereocenters. The van der Waals surface area contributed by atoms with E-state index in [1.165, 1.54) is 11.1 Å². The lowest BCUT2D eigenvalue weighted by atomic mass is 10.1. The highest BCUT2D eigenvalue weighted by Gasteiger charge is 1.87. The van der Waals surface area contributed by atoms with Crippen molar-refractivity contribution in [2.24, 2.45) is 0 Å². The first-order valence-corrected chi connectivity index (χ1v) is 4.14. The topological polar surface area (TPSA) is 0 Å². The van der Waals surface area contributed by atoms with Crippen molar-refractivity contribution >= 4 is 0 Å². The number of allylic oxidation sites excluding steroid dienone is 5. The second-order valence-corrected chi connectivity index (χ2v) is 2.92. The fourth-order valence-electron chi connectivity index (χ4n) is 0.800. The molecule has 0 saturated carbocycles. The van der Waals surface area contributed by atoms with E-state index in [1.807, 2.05) is 6.08 Å². The second kappa shape index (κ2) is 5.96. The fraction of sp³-hybridized carbons (Fsp3) is 0.455. The Bertz CT molecular complexity index is 166. The van der Waals surface area contributed by atoms with Crippen molar-refractivity contribution in [1.82, 2.24) is 0 Å². The van der Waals surface area contributed by atoms with Gasteiger partial charge in [-0.2, -0.15) is 0 Å². The molecule has 0 aromatic rings. The van der Waals surface area contributed by atoms with Gasteiger partial charge in [0.15, 0.2) is 0 Å². The summed E-state index contributed by atoms with van der Waals surface area (Å²) in [6, 6.07) is 0. The van der Waals surface area contributed by atoms with Gasteiger partial charge in [-0.05, 0) is 26.7 Å². The minimum absolute atomic E-state index is 1.01. The van der Waals surface area contributed by atoms with E-state index in [9.17, 15) is 0 Å². The third kappa shape index (κ3) is 5.65.